The average Bonchev–Trinajstić information content (AvgIpc) is 3.11. The van der Waals surface area contributed by atoms with Crippen molar-refractivity contribution in [2.45, 2.75) is 33.2 Å². The molecule has 0 unspecified atom stereocenters. The molecule has 3 aromatic rings. The highest BCUT2D eigenvalue weighted by atomic mass is 16.5. The number of ether oxygens (including phenoxy) is 1. The largest absolute Gasteiger partial charge is 0.457 e. The number of carbonyl (C=O) groups excluding carboxylic acids is 2. The van der Waals surface area contributed by atoms with Crippen LogP contribution in [0.15, 0.2) is 60.7 Å². The van der Waals surface area contributed by atoms with Gasteiger partial charge in [-0.25, -0.2) is 0 Å². The minimum atomic E-state index is -0.181. The van der Waals surface area contributed by atoms with Gasteiger partial charge >= 0.3 is 0 Å². The highest BCUT2D eigenvalue weighted by Crippen LogP contribution is 2.25. The summed E-state index contributed by atoms with van der Waals surface area (Å²) >= 11 is 0. The van der Waals surface area contributed by atoms with Crippen LogP contribution in [0.2, 0.25) is 0 Å². The Bertz CT molecular complexity index is 1060. The second-order valence-corrected chi connectivity index (χ2v) is 8.07. The van der Waals surface area contributed by atoms with Crippen molar-refractivity contribution >= 4 is 11.7 Å². The number of hydrogen-bond donors (Lipinski definition) is 0. The number of benzene rings is 2. The number of ketones is 1. The number of aryl methyl sites for hydroxylation is 2. The maximum absolute atomic E-state index is 13.1. The van der Waals surface area contributed by atoms with Crippen molar-refractivity contribution in [1.29, 1.82) is 0 Å². The Kier molecular flexibility index (Phi) is 6.16. The number of amides is 1. The molecular weight excluding hydrogens is 390 g/mol. The number of likely N-dealkylation sites (tertiary alicyclic amines) is 1. The van der Waals surface area contributed by atoms with Crippen LogP contribution in [0.4, 0.5) is 0 Å². The smallest absolute Gasteiger partial charge is 0.244 e. The Balaban J connectivity index is 1.38. The van der Waals surface area contributed by atoms with Crippen molar-refractivity contribution in [2.24, 2.45) is 5.92 Å². The summed E-state index contributed by atoms with van der Waals surface area (Å²) in [6.07, 6.45) is 1.62. The fraction of sp³-hybridized carbons (Fsp3) is 0.320. The van der Waals surface area contributed by atoms with E-state index in [0.717, 1.165) is 30.0 Å². The lowest BCUT2D eigenvalue weighted by atomic mass is 9.90. The van der Waals surface area contributed by atoms with Crippen molar-refractivity contribution < 1.29 is 14.3 Å². The summed E-state index contributed by atoms with van der Waals surface area (Å²) in [6.45, 7) is 5.22. The minimum Gasteiger partial charge on any atom is -0.457 e. The third-order valence-corrected chi connectivity index (χ3v) is 5.65. The molecule has 0 saturated carbocycles. The molecule has 31 heavy (non-hydrogen) atoms. The van der Waals surface area contributed by atoms with E-state index in [1.54, 1.807) is 21.7 Å². The van der Waals surface area contributed by atoms with Crippen LogP contribution in [0.25, 0.3) is 0 Å². The van der Waals surface area contributed by atoms with Gasteiger partial charge in [0.15, 0.2) is 5.78 Å². The molecule has 1 saturated heterocycles. The monoisotopic (exact) mass is 417 g/mol. The van der Waals surface area contributed by atoms with Crippen LogP contribution in [0.5, 0.6) is 11.5 Å². The number of Topliss-reactive ketones (excluding diaryl/α,β-unsaturated/α-hetero) is 1. The number of nitrogens with zero attached hydrogens (tertiary/aromatic N) is 3. The Hall–Kier alpha value is -3.41. The van der Waals surface area contributed by atoms with Crippen LogP contribution >= 0.6 is 0 Å². The van der Waals surface area contributed by atoms with Crippen LogP contribution in [-0.4, -0.2) is 39.5 Å². The van der Waals surface area contributed by atoms with Crippen molar-refractivity contribution in [2.75, 3.05) is 13.1 Å². The van der Waals surface area contributed by atoms with Gasteiger partial charge in [0.05, 0.1) is 5.69 Å². The van der Waals surface area contributed by atoms with Gasteiger partial charge in [-0.3, -0.25) is 14.3 Å². The molecule has 1 atom stereocenters. The zero-order valence-corrected chi connectivity index (χ0v) is 18.0. The molecule has 0 bridgehead atoms. The quantitative estimate of drug-likeness (QED) is 0.557. The minimum absolute atomic E-state index is 0.00955. The molecule has 2 aromatic carbocycles. The van der Waals surface area contributed by atoms with Gasteiger partial charge in [-0.05, 0) is 69.2 Å². The molecule has 2 heterocycles. The summed E-state index contributed by atoms with van der Waals surface area (Å²) in [4.78, 5) is 27.6. The maximum Gasteiger partial charge on any atom is 0.244 e. The van der Waals surface area contributed by atoms with E-state index in [-0.39, 0.29) is 24.2 Å². The molecule has 1 aliphatic rings. The molecule has 1 aromatic heterocycles. The number of rotatable bonds is 6. The summed E-state index contributed by atoms with van der Waals surface area (Å²) in [7, 11) is 0. The van der Waals surface area contributed by atoms with Crippen molar-refractivity contribution in [3.05, 3.63) is 77.6 Å². The fourth-order valence-electron chi connectivity index (χ4n) is 4.03. The van der Waals surface area contributed by atoms with Crippen molar-refractivity contribution in [3.63, 3.8) is 0 Å². The normalized spacial score (nSPS) is 16.2. The van der Waals surface area contributed by atoms with E-state index in [2.05, 4.69) is 5.10 Å². The maximum atomic E-state index is 13.1. The summed E-state index contributed by atoms with van der Waals surface area (Å²) < 4.78 is 7.53. The highest BCUT2D eigenvalue weighted by molar-refractivity contribution is 5.98. The number of hydrogen-bond acceptors (Lipinski definition) is 4. The SMILES string of the molecule is Cc1cc(C)n(CC(=O)N2CCC[C@H](C(=O)c3ccc(Oc4ccccc4)cc3)C2)n1. The fourth-order valence-corrected chi connectivity index (χ4v) is 4.03. The zero-order chi connectivity index (χ0) is 21.8. The average molecular weight is 418 g/mol. The third-order valence-electron chi connectivity index (χ3n) is 5.65. The Morgan fingerprint density at radius 2 is 1.74 bits per heavy atom. The molecule has 6 nitrogen and oxygen atoms in total. The number of carbonyl (C=O) groups is 2. The van der Waals surface area contributed by atoms with Gasteiger partial charge < -0.3 is 9.64 Å². The molecule has 6 heteroatoms. The lowest BCUT2D eigenvalue weighted by molar-refractivity contribution is -0.133. The Morgan fingerprint density at radius 3 is 2.42 bits per heavy atom. The van der Waals surface area contributed by atoms with Gasteiger partial charge in [-0.1, -0.05) is 18.2 Å². The molecule has 0 aliphatic carbocycles. The lowest BCUT2D eigenvalue weighted by Gasteiger charge is -2.32. The van der Waals surface area contributed by atoms with Crippen molar-refractivity contribution in [3.8, 4) is 11.5 Å². The third kappa shape index (κ3) is 5.02. The molecule has 0 N–H and O–H groups in total. The summed E-state index contributed by atoms with van der Waals surface area (Å²) in [5.41, 5.74) is 2.52. The predicted molar refractivity (Wildman–Crippen MR) is 118 cm³/mol. The van der Waals surface area contributed by atoms with Crippen LogP contribution in [-0.2, 0) is 11.3 Å². The zero-order valence-electron chi connectivity index (χ0n) is 18.0. The molecule has 160 valence electrons. The van der Waals surface area contributed by atoms with E-state index in [4.69, 9.17) is 4.74 Å². The highest BCUT2D eigenvalue weighted by Gasteiger charge is 2.29. The van der Waals surface area contributed by atoms with E-state index in [1.165, 1.54) is 0 Å². The first kappa shape index (κ1) is 20.8. The molecule has 0 radical (unpaired) electrons. The lowest BCUT2D eigenvalue weighted by Crippen LogP contribution is -2.43. The summed E-state index contributed by atoms with van der Waals surface area (Å²) in [6, 6.07) is 18.7. The van der Waals surface area contributed by atoms with Gasteiger partial charge in [-0.2, -0.15) is 5.10 Å². The number of para-hydroxylation sites is 1. The first-order valence-corrected chi connectivity index (χ1v) is 10.7. The number of aromatic nitrogens is 2. The Labute approximate surface area is 182 Å². The second-order valence-electron chi connectivity index (χ2n) is 8.07. The van der Waals surface area contributed by atoms with Crippen molar-refractivity contribution in [1.82, 2.24) is 14.7 Å². The van der Waals surface area contributed by atoms with Gasteiger partial charge in [0.2, 0.25) is 5.91 Å². The van der Waals surface area contributed by atoms with Crippen LogP contribution < -0.4 is 4.74 Å². The standard InChI is InChI=1S/C25H27N3O3/c1-18-15-19(2)28(26-18)17-24(29)27-14-6-7-21(16-27)25(30)20-10-12-23(13-11-20)31-22-8-4-3-5-9-22/h3-5,8-13,15,21H,6-7,14,16-17H2,1-2H3/t21-/m0/s1. The number of piperidine rings is 1. The molecular formula is C25H27N3O3. The van der Waals surface area contributed by atoms with Gasteiger partial charge in [0, 0.05) is 30.3 Å². The topological polar surface area (TPSA) is 64.4 Å². The Morgan fingerprint density at radius 1 is 1.03 bits per heavy atom. The predicted octanol–water partition coefficient (Wildman–Crippen LogP) is 4.41. The van der Waals surface area contributed by atoms with Gasteiger partial charge in [0.1, 0.15) is 18.0 Å². The van der Waals surface area contributed by atoms with Gasteiger partial charge in [-0.15, -0.1) is 0 Å². The molecule has 1 fully saturated rings. The van der Waals surface area contributed by atoms with E-state index >= 15 is 0 Å². The van der Waals surface area contributed by atoms with E-state index in [1.807, 2.05) is 62.4 Å². The molecule has 1 amide bonds. The summed E-state index contributed by atoms with van der Waals surface area (Å²) in [5.74, 6) is 1.35. The second kappa shape index (κ2) is 9.16. The molecule has 1 aliphatic heterocycles. The first-order valence-electron chi connectivity index (χ1n) is 10.7. The molecule has 4 rings (SSSR count). The van der Waals surface area contributed by atoms with E-state index < -0.39 is 0 Å². The van der Waals surface area contributed by atoms with Crippen LogP contribution in [0.3, 0.4) is 0 Å². The van der Waals surface area contributed by atoms with Crippen LogP contribution in [0, 0.1) is 19.8 Å². The van der Waals surface area contributed by atoms with Crippen LogP contribution in [0.1, 0.15) is 34.6 Å². The molecule has 0 spiro atoms. The van der Waals surface area contributed by atoms with Gasteiger partial charge in [0.25, 0.3) is 0 Å². The summed E-state index contributed by atoms with van der Waals surface area (Å²) in [5, 5.41) is 4.38. The first-order chi connectivity index (χ1) is 15.0. The van der Waals surface area contributed by atoms with E-state index in [9.17, 15) is 9.59 Å². The van der Waals surface area contributed by atoms with E-state index in [0.29, 0.717) is 24.4 Å².